The van der Waals surface area contributed by atoms with Gasteiger partial charge in [-0.05, 0) is 31.7 Å². The summed E-state index contributed by atoms with van der Waals surface area (Å²) in [6.45, 7) is 1.85. The molecule has 2 rings (SSSR count). The van der Waals surface area contributed by atoms with Gasteiger partial charge in [-0.15, -0.1) is 0 Å². The molecule has 1 aromatic rings. The van der Waals surface area contributed by atoms with Crippen molar-refractivity contribution in [2.24, 2.45) is 5.73 Å². The van der Waals surface area contributed by atoms with Gasteiger partial charge in [-0.1, -0.05) is 12.1 Å². The molecule has 0 saturated carbocycles. The van der Waals surface area contributed by atoms with E-state index < -0.39 is 26.8 Å². The molecule has 20 heavy (non-hydrogen) atoms. The minimum absolute atomic E-state index is 0.248. The summed E-state index contributed by atoms with van der Waals surface area (Å²) >= 11 is 0. The second-order valence-corrected chi connectivity index (χ2v) is 6.69. The molecule has 0 spiro atoms. The van der Waals surface area contributed by atoms with E-state index in [0.717, 1.165) is 6.42 Å². The monoisotopic (exact) mass is 299 g/mol. The number of benzene rings is 1. The van der Waals surface area contributed by atoms with E-state index in [-0.39, 0.29) is 4.90 Å². The maximum atomic E-state index is 12.7. The highest BCUT2D eigenvalue weighted by Crippen LogP contribution is 2.32. The fraction of sp³-hybridized carbons (Fsp3) is 0.500. The third kappa shape index (κ3) is 2.54. The molecule has 0 amide bonds. The lowest BCUT2D eigenvalue weighted by Gasteiger charge is -2.32. The Balaban J connectivity index is 2.57. The van der Waals surface area contributed by atoms with E-state index in [1.54, 1.807) is 13.0 Å². The van der Waals surface area contributed by atoms with Crippen LogP contribution in [0.1, 0.15) is 24.8 Å². The average molecular weight is 299 g/mol. The Hall–Kier alpha value is -1.51. The zero-order valence-electron chi connectivity index (χ0n) is 11.2. The van der Waals surface area contributed by atoms with Crippen molar-refractivity contribution in [3.05, 3.63) is 33.9 Å². The first kappa shape index (κ1) is 14.9. The third-order valence-corrected chi connectivity index (χ3v) is 5.57. The maximum Gasteiger partial charge on any atom is 0.289 e. The highest BCUT2D eigenvalue weighted by molar-refractivity contribution is 7.89. The highest BCUT2D eigenvalue weighted by atomic mass is 32.2. The summed E-state index contributed by atoms with van der Waals surface area (Å²) in [4.78, 5) is 10.2. The lowest BCUT2D eigenvalue weighted by molar-refractivity contribution is -0.387. The first-order valence-corrected chi connectivity index (χ1v) is 7.81. The van der Waals surface area contributed by atoms with Gasteiger partial charge in [0.25, 0.3) is 15.7 Å². The van der Waals surface area contributed by atoms with Crippen LogP contribution in [0.2, 0.25) is 0 Å². The summed E-state index contributed by atoms with van der Waals surface area (Å²) in [5.41, 5.74) is 5.81. The van der Waals surface area contributed by atoms with Crippen LogP contribution in [0.4, 0.5) is 5.69 Å². The predicted octanol–water partition coefficient (Wildman–Crippen LogP) is 1.36. The summed E-state index contributed by atoms with van der Waals surface area (Å²) < 4.78 is 26.5. The number of nitro benzene ring substituents is 1. The molecule has 0 aromatic heterocycles. The molecule has 7 nitrogen and oxygen atoms in total. The van der Waals surface area contributed by atoms with E-state index in [1.807, 2.05) is 0 Å². The number of aryl methyl sites for hydroxylation is 1. The molecule has 0 aliphatic carbocycles. The van der Waals surface area contributed by atoms with E-state index in [1.165, 1.54) is 16.4 Å². The second kappa shape index (κ2) is 5.47. The molecular weight excluding hydrogens is 282 g/mol. The number of nitro groups is 1. The second-order valence-electron chi connectivity index (χ2n) is 4.86. The van der Waals surface area contributed by atoms with Crippen LogP contribution in [-0.2, 0) is 10.0 Å². The number of hydrogen-bond acceptors (Lipinski definition) is 5. The van der Waals surface area contributed by atoms with Gasteiger partial charge < -0.3 is 5.73 Å². The van der Waals surface area contributed by atoms with E-state index in [2.05, 4.69) is 0 Å². The van der Waals surface area contributed by atoms with Gasteiger partial charge >= 0.3 is 0 Å². The molecule has 110 valence electrons. The quantitative estimate of drug-likeness (QED) is 0.670. The normalized spacial score (nSPS) is 20.8. The van der Waals surface area contributed by atoms with E-state index in [4.69, 9.17) is 5.73 Å². The van der Waals surface area contributed by atoms with Crippen molar-refractivity contribution in [2.45, 2.75) is 37.2 Å². The summed E-state index contributed by atoms with van der Waals surface area (Å²) in [5, 5.41) is 11.1. The van der Waals surface area contributed by atoms with Gasteiger partial charge in [-0.2, -0.15) is 4.31 Å². The van der Waals surface area contributed by atoms with Crippen LogP contribution >= 0.6 is 0 Å². The smallest absolute Gasteiger partial charge is 0.289 e. The highest BCUT2D eigenvalue weighted by Gasteiger charge is 2.37. The Bertz CT molecular complexity index is 630. The van der Waals surface area contributed by atoms with Gasteiger partial charge in [0.15, 0.2) is 4.90 Å². The minimum Gasteiger partial charge on any atom is -0.315 e. The SMILES string of the molecule is Cc1cccc([N+](=O)[O-])c1S(=O)(=O)N1CCCCC1N. The lowest BCUT2D eigenvalue weighted by Crippen LogP contribution is -2.48. The Morgan fingerprint density at radius 2 is 2.10 bits per heavy atom. The number of rotatable bonds is 3. The number of nitrogens with two attached hydrogens (primary N) is 1. The number of piperidine rings is 1. The van der Waals surface area contributed by atoms with Crippen LogP contribution in [-0.4, -0.2) is 30.4 Å². The minimum atomic E-state index is -3.95. The zero-order valence-corrected chi connectivity index (χ0v) is 12.0. The maximum absolute atomic E-state index is 12.7. The van der Waals surface area contributed by atoms with Gasteiger partial charge in [0.05, 0.1) is 11.1 Å². The molecule has 1 aliphatic rings. The standard InChI is InChI=1S/C12H17N3O4S/c1-9-5-4-6-10(15(16)17)12(9)20(18,19)14-8-3-2-7-11(14)13/h4-6,11H,2-3,7-8,13H2,1H3. The average Bonchev–Trinajstić information content (AvgIpc) is 2.38. The number of hydrogen-bond donors (Lipinski definition) is 1. The van der Waals surface area contributed by atoms with Crippen molar-refractivity contribution in [1.29, 1.82) is 0 Å². The Labute approximate surface area is 117 Å². The van der Waals surface area contributed by atoms with E-state index >= 15 is 0 Å². The van der Waals surface area contributed by atoms with Gasteiger partial charge in [0, 0.05) is 12.6 Å². The van der Waals surface area contributed by atoms with Crippen LogP contribution in [0.3, 0.4) is 0 Å². The van der Waals surface area contributed by atoms with Gasteiger partial charge in [0.2, 0.25) is 0 Å². The molecule has 1 aliphatic heterocycles. The Morgan fingerprint density at radius 3 is 2.70 bits per heavy atom. The van der Waals surface area contributed by atoms with Crippen LogP contribution in [0.15, 0.2) is 23.1 Å². The Morgan fingerprint density at radius 1 is 1.40 bits per heavy atom. The third-order valence-electron chi connectivity index (χ3n) is 3.45. The predicted molar refractivity (Wildman–Crippen MR) is 73.6 cm³/mol. The molecule has 1 atom stereocenters. The summed E-state index contributed by atoms with van der Waals surface area (Å²) in [5.74, 6) is 0. The Kier molecular flexibility index (Phi) is 4.07. The molecule has 2 N–H and O–H groups in total. The van der Waals surface area contributed by atoms with E-state index in [9.17, 15) is 18.5 Å². The number of nitrogens with zero attached hydrogens (tertiary/aromatic N) is 2. The molecule has 0 radical (unpaired) electrons. The van der Waals surface area contributed by atoms with Crippen molar-refractivity contribution >= 4 is 15.7 Å². The van der Waals surface area contributed by atoms with Crippen molar-refractivity contribution in [1.82, 2.24) is 4.31 Å². The molecular formula is C12H17N3O4S. The first-order chi connectivity index (χ1) is 9.35. The summed E-state index contributed by atoms with van der Waals surface area (Å²) in [7, 11) is -3.95. The molecule has 1 saturated heterocycles. The zero-order chi connectivity index (χ0) is 14.9. The van der Waals surface area contributed by atoms with Gasteiger partial charge in [0.1, 0.15) is 0 Å². The molecule has 0 bridgehead atoms. The molecule has 1 unspecified atom stereocenters. The van der Waals surface area contributed by atoms with Crippen LogP contribution in [0.5, 0.6) is 0 Å². The topological polar surface area (TPSA) is 107 Å². The van der Waals surface area contributed by atoms with Crippen molar-refractivity contribution in [2.75, 3.05) is 6.54 Å². The molecule has 1 heterocycles. The van der Waals surface area contributed by atoms with Crippen molar-refractivity contribution < 1.29 is 13.3 Å². The fourth-order valence-electron chi connectivity index (χ4n) is 2.46. The van der Waals surface area contributed by atoms with Gasteiger partial charge in [-0.3, -0.25) is 10.1 Å². The van der Waals surface area contributed by atoms with Crippen molar-refractivity contribution in [3.8, 4) is 0 Å². The summed E-state index contributed by atoms with van der Waals surface area (Å²) in [6, 6.07) is 4.23. The number of sulfonamides is 1. The van der Waals surface area contributed by atoms with Crippen LogP contribution in [0, 0.1) is 17.0 Å². The van der Waals surface area contributed by atoms with Crippen LogP contribution in [0.25, 0.3) is 0 Å². The first-order valence-electron chi connectivity index (χ1n) is 6.37. The molecule has 1 aromatic carbocycles. The molecule has 1 fully saturated rings. The summed E-state index contributed by atoms with van der Waals surface area (Å²) in [6.07, 6.45) is 1.53. The van der Waals surface area contributed by atoms with Gasteiger partial charge in [-0.25, -0.2) is 8.42 Å². The largest absolute Gasteiger partial charge is 0.315 e. The van der Waals surface area contributed by atoms with Crippen molar-refractivity contribution in [3.63, 3.8) is 0 Å². The van der Waals surface area contributed by atoms with Crippen LogP contribution < -0.4 is 5.73 Å². The lowest BCUT2D eigenvalue weighted by atomic mass is 10.1. The van der Waals surface area contributed by atoms with E-state index in [0.29, 0.717) is 24.9 Å². The fourth-order valence-corrected chi connectivity index (χ4v) is 4.41. The molecule has 8 heteroatoms.